The quantitative estimate of drug-likeness (QED) is 0.941. The molecule has 4 nitrogen and oxygen atoms in total. The highest BCUT2D eigenvalue weighted by Gasteiger charge is 2.10. The molecule has 84 valence electrons. The standard InChI is InChI=1S/C11H10BrNO3/c1-15-7-2-3-10(12)9(4-7)11-5-8(6-14)16-13-11/h2-5,14H,6H2,1H3. The molecule has 16 heavy (non-hydrogen) atoms. The Morgan fingerprint density at radius 3 is 2.88 bits per heavy atom. The summed E-state index contributed by atoms with van der Waals surface area (Å²) in [7, 11) is 1.61. The van der Waals surface area contributed by atoms with Crippen LogP contribution in [-0.2, 0) is 6.61 Å². The number of nitrogens with zero attached hydrogens (tertiary/aromatic N) is 1. The first-order valence-corrected chi connectivity index (χ1v) is 5.44. The van der Waals surface area contributed by atoms with Crippen LogP contribution >= 0.6 is 15.9 Å². The maximum Gasteiger partial charge on any atom is 0.162 e. The van der Waals surface area contributed by atoms with E-state index in [0.29, 0.717) is 11.5 Å². The monoisotopic (exact) mass is 283 g/mol. The summed E-state index contributed by atoms with van der Waals surface area (Å²) < 4.78 is 11.0. The third kappa shape index (κ3) is 2.10. The Balaban J connectivity index is 2.45. The first kappa shape index (κ1) is 11.2. The lowest BCUT2D eigenvalue weighted by Gasteiger charge is -2.03. The van der Waals surface area contributed by atoms with Crippen molar-refractivity contribution in [1.82, 2.24) is 5.16 Å². The molecular formula is C11H10BrNO3. The molecule has 0 saturated carbocycles. The predicted molar refractivity (Wildman–Crippen MR) is 62.1 cm³/mol. The third-order valence-corrected chi connectivity index (χ3v) is 2.86. The van der Waals surface area contributed by atoms with Crippen LogP contribution in [0.5, 0.6) is 5.75 Å². The largest absolute Gasteiger partial charge is 0.497 e. The van der Waals surface area contributed by atoms with Crippen molar-refractivity contribution < 1.29 is 14.4 Å². The van der Waals surface area contributed by atoms with E-state index in [0.717, 1.165) is 15.8 Å². The van der Waals surface area contributed by atoms with Crippen molar-refractivity contribution in [2.24, 2.45) is 0 Å². The lowest BCUT2D eigenvalue weighted by Crippen LogP contribution is -1.85. The van der Waals surface area contributed by atoms with Crippen LogP contribution in [0.25, 0.3) is 11.3 Å². The van der Waals surface area contributed by atoms with Gasteiger partial charge in [-0.05, 0) is 18.2 Å². The molecule has 1 N–H and O–H groups in total. The number of hydrogen-bond acceptors (Lipinski definition) is 4. The smallest absolute Gasteiger partial charge is 0.162 e. The topological polar surface area (TPSA) is 55.5 Å². The van der Waals surface area contributed by atoms with Crippen molar-refractivity contribution in [3.05, 3.63) is 34.5 Å². The molecule has 0 radical (unpaired) electrons. The lowest BCUT2D eigenvalue weighted by molar-refractivity contribution is 0.229. The Morgan fingerprint density at radius 1 is 1.44 bits per heavy atom. The molecule has 0 fully saturated rings. The van der Waals surface area contributed by atoms with Gasteiger partial charge < -0.3 is 14.4 Å². The molecule has 0 unspecified atom stereocenters. The maximum absolute atomic E-state index is 8.90. The van der Waals surface area contributed by atoms with Crippen LogP contribution in [-0.4, -0.2) is 17.4 Å². The van der Waals surface area contributed by atoms with Crippen molar-refractivity contribution >= 4 is 15.9 Å². The van der Waals surface area contributed by atoms with E-state index in [-0.39, 0.29) is 6.61 Å². The maximum atomic E-state index is 8.90. The molecule has 0 aliphatic rings. The molecule has 0 spiro atoms. The number of benzene rings is 1. The molecular weight excluding hydrogens is 274 g/mol. The Morgan fingerprint density at radius 2 is 2.25 bits per heavy atom. The van der Waals surface area contributed by atoms with Gasteiger partial charge in [0.05, 0.1) is 7.11 Å². The number of halogens is 1. The average Bonchev–Trinajstić information content (AvgIpc) is 2.78. The normalized spacial score (nSPS) is 10.4. The molecule has 1 heterocycles. The lowest BCUT2D eigenvalue weighted by atomic mass is 10.1. The van der Waals surface area contributed by atoms with Gasteiger partial charge in [0.15, 0.2) is 5.76 Å². The number of aliphatic hydroxyl groups excluding tert-OH is 1. The van der Waals surface area contributed by atoms with Crippen LogP contribution in [0.2, 0.25) is 0 Å². The van der Waals surface area contributed by atoms with Gasteiger partial charge in [0.1, 0.15) is 18.1 Å². The van der Waals surface area contributed by atoms with Crippen LogP contribution in [0.3, 0.4) is 0 Å². The van der Waals surface area contributed by atoms with Gasteiger partial charge in [-0.15, -0.1) is 0 Å². The van der Waals surface area contributed by atoms with E-state index in [2.05, 4.69) is 21.1 Å². The molecule has 0 aliphatic carbocycles. The molecule has 0 saturated heterocycles. The molecule has 1 aromatic heterocycles. The van der Waals surface area contributed by atoms with Crippen LogP contribution < -0.4 is 4.74 Å². The second-order valence-electron chi connectivity index (χ2n) is 3.18. The van der Waals surface area contributed by atoms with E-state index in [4.69, 9.17) is 14.4 Å². The zero-order valence-electron chi connectivity index (χ0n) is 8.61. The fourth-order valence-electron chi connectivity index (χ4n) is 1.34. The van der Waals surface area contributed by atoms with Crippen molar-refractivity contribution in [2.75, 3.05) is 7.11 Å². The first-order valence-electron chi connectivity index (χ1n) is 4.65. The highest BCUT2D eigenvalue weighted by atomic mass is 79.9. The van der Waals surface area contributed by atoms with Crippen LogP contribution in [0.1, 0.15) is 5.76 Å². The zero-order chi connectivity index (χ0) is 11.5. The number of rotatable bonds is 3. The fraction of sp³-hybridized carbons (Fsp3) is 0.182. The molecule has 0 bridgehead atoms. The number of methoxy groups -OCH3 is 1. The summed E-state index contributed by atoms with van der Waals surface area (Å²) in [6, 6.07) is 7.27. The Hall–Kier alpha value is -1.33. The van der Waals surface area contributed by atoms with Gasteiger partial charge in [-0.2, -0.15) is 0 Å². The van der Waals surface area contributed by atoms with Crippen molar-refractivity contribution in [1.29, 1.82) is 0 Å². The summed E-state index contributed by atoms with van der Waals surface area (Å²) in [6.45, 7) is -0.158. The number of hydrogen-bond donors (Lipinski definition) is 1. The van der Waals surface area contributed by atoms with Gasteiger partial charge in [-0.3, -0.25) is 0 Å². The Kier molecular flexibility index (Phi) is 3.26. The van der Waals surface area contributed by atoms with Crippen LogP contribution in [0.4, 0.5) is 0 Å². The van der Waals surface area contributed by atoms with Gasteiger partial charge in [-0.1, -0.05) is 21.1 Å². The molecule has 5 heteroatoms. The van der Waals surface area contributed by atoms with E-state index in [9.17, 15) is 0 Å². The van der Waals surface area contributed by atoms with Crippen LogP contribution in [0.15, 0.2) is 33.3 Å². The molecule has 0 aliphatic heterocycles. The molecule has 0 amide bonds. The van der Waals surface area contributed by atoms with Gasteiger partial charge in [0.25, 0.3) is 0 Å². The van der Waals surface area contributed by atoms with Gasteiger partial charge in [0, 0.05) is 16.1 Å². The summed E-state index contributed by atoms with van der Waals surface area (Å²) in [5.74, 6) is 1.18. The average molecular weight is 284 g/mol. The Bertz CT molecular complexity index is 496. The van der Waals surface area contributed by atoms with E-state index < -0.39 is 0 Å². The number of ether oxygens (including phenoxy) is 1. The van der Waals surface area contributed by atoms with E-state index in [1.54, 1.807) is 13.2 Å². The number of aromatic nitrogens is 1. The molecule has 2 rings (SSSR count). The third-order valence-electron chi connectivity index (χ3n) is 2.16. The summed E-state index contributed by atoms with van der Waals surface area (Å²) in [6.07, 6.45) is 0. The van der Waals surface area contributed by atoms with Gasteiger partial charge in [-0.25, -0.2) is 0 Å². The molecule has 1 aromatic carbocycles. The van der Waals surface area contributed by atoms with Gasteiger partial charge >= 0.3 is 0 Å². The highest BCUT2D eigenvalue weighted by Crippen LogP contribution is 2.31. The molecule has 2 aromatic rings. The van der Waals surface area contributed by atoms with E-state index in [1.165, 1.54) is 0 Å². The predicted octanol–water partition coefficient (Wildman–Crippen LogP) is 2.61. The summed E-state index contributed by atoms with van der Waals surface area (Å²) in [5.41, 5.74) is 1.53. The van der Waals surface area contributed by atoms with Crippen molar-refractivity contribution in [2.45, 2.75) is 6.61 Å². The summed E-state index contributed by atoms with van der Waals surface area (Å²) >= 11 is 3.43. The first-order chi connectivity index (χ1) is 7.74. The summed E-state index contributed by atoms with van der Waals surface area (Å²) in [4.78, 5) is 0. The SMILES string of the molecule is COc1ccc(Br)c(-c2cc(CO)on2)c1. The van der Waals surface area contributed by atoms with Crippen molar-refractivity contribution in [3.63, 3.8) is 0 Å². The van der Waals surface area contributed by atoms with E-state index >= 15 is 0 Å². The minimum atomic E-state index is -0.158. The zero-order valence-corrected chi connectivity index (χ0v) is 10.2. The van der Waals surface area contributed by atoms with E-state index in [1.807, 2.05) is 18.2 Å². The van der Waals surface area contributed by atoms with Crippen LogP contribution in [0, 0.1) is 0 Å². The minimum absolute atomic E-state index is 0.158. The number of aliphatic hydroxyl groups is 1. The van der Waals surface area contributed by atoms with Crippen molar-refractivity contribution in [3.8, 4) is 17.0 Å². The second kappa shape index (κ2) is 4.67. The molecule has 0 atom stereocenters. The fourth-order valence-corrected chi connectivity index (χ4v) is 1.79. The summed E-state index contributed by atoms with van der Waals surface area (Å²) in [5, 5.41) is 12.8. The van der Waals surface area contributed by atoms with Gasteiger partial charge in [0.2, 0.25) is 0 Å². The second-order valence-corrected chi connectivity index (χ2v) is 4.04. The minimum Gasteiger partial charge on any atom is -0.497 e. The highest BCUT2D eigenvalue weighted by molar-refractivity contribution is 9.10. The Labute approximate surface area is 101 Å².